The molecule has 1 aliphatic rings. The molecule has 1 atom stereocenters. The molecular weight excluding hydrogens is 350 g/mol. The zero-order chi connectivity index (χ0) is 17.5. The topological polar surface area (TPSA) is 104 Å². The summed E-state index contributed by atoms with van der Waals surface area (Å²) in [6.07, 6.45) is 0.609. The standard InChI is InChI=1S/C14H21N5O3S2/c1-14(2,3)12-15-10(22-18-12)7-23-13-17-16-11(19(13)4)9-5-6-24(20,21)8-9/h9H,5-8H2,1-4H3/t9-/m1/s1. The lowest BCUT2D eigenvalue weighted by molar-refractivity contribution is 0.372. The minimum Gasteiger partial charge on any atom is -0.338 e. The van der Waals surface area contributed by atoms with Gasteiger partial charge in [-0.15, -0.1) is 10.2 Å². The fourth-order valence-electron chi connectivity index (χ4n) is 2.55. The van der Waals surface area contributed by atoms with Crippen LogP contribution in [-0.2, 0) is 28.1 Å². The van der Waals surface area contributed by atoms with Crippen molar-refractivity contribution in [1.82, 2.24) is 24.9 Å². The van der Waals surface area contributed by atoms with Gasteiger partial charge < -0.3 is 9.09 Å². The summed E-state index contributed by atoms with van der Waals surface area (Å²) in [5.74, 6) is 2.74. The highest BCUT2D eigenvalue weighted by atomic mass is 32.2. The average molecular weight is 371 g/mol. The first-order valence-electron chi connectivity index (χ1n) is 7.71. The van der Waals surface area contributed by atoms with Gasteiger partial charge in [-0.3, -0.25) is 0 Å². The van der Waals surface area contributed by atoms with E-state index >= 15 is 0 Å². The molecule has 2 aromatic heterocycles. The third-order valence-electron chi connectivity index (χ3n) is 3.93. The van der Waals surface area contributed by atoms with Gasteiger partial charge in [-0.25, -0.2) is 8.42 Å². The fraction of sp³-hybridized carbons (Fsp3) is 0.714. The Morgan fingerprint density at radius 1 is 1.33 bits per heavy atom. The zero-order valence-electron chi connectivity index (χ0n) is 14.2. The molecule has 0 saturated carbocycles. The number of nitrogens with zero attached hydrogens (tertiary/aromatic N) is 5. The monoisotopic (exact) mass is 371 g/mol. The van der Waals surface area contributed by atoms with Crippen LogP contribution in [0.25, 0.3) is 0 Å². The second-order valence-electron chi connectivity index (χ2n) is 7.05. The molecule has 1 aliphatic heterocycles. The zero-order valence-corrected chi connectivity index (χ0v) is 15.8. The van der Waals surface area contributed by atoms with Crippen molar-refractivity contribution in [2.75, 3.05) is 11.5 Å². The van der Waals surface area contributed by atoms with E-state index in [-0.39, 0.29) is 22.8 Å². The van der Waals surface area contributed by atoms with Gasteiger partial charge in [0.25, 0.3) is 0 Å². The van der Waals surface area contributed by atoms with Gasteiger partial charge in [0.1, 0.15) is 5.82 Å². The van der Waals surface area contributed by atoms with Crippen LogP contribution in [0, 0.1) is 0 Å². The van der Waals surface area contributed by atoms with E-state index in [0.29, 0.717) is 29.0 Å². The van der Waals surface area contributed by atoms with Gasteiger partial charge in [0.15, 0.2) is 20.8 Å². The van der Waals surface area contributed by atoms with E-state index in [2.05, 4.69) is 20.3 Å². The lowest BCUT2D eigenvalue weighted by atomic mass is 9.96. The van der Waals surface area contributed by atoms with E-state index in [9.17, 15) is 8.42 Å². The Balaban J connectivity index is 1.68. The lowest BCUT2D eigenvalue weighted by Crippen LogP contribution is -2.13. The van der Waals surface area contributed by atoms with Gasteiger partial charge in [0, 0.05) is 18.4 Å². The molecule has 24 heavy (non-hydrogen) atoms. The molecule has 0 bridgehead atoms. The van der Waals surface area contributed by atoms with Crippen molar-refractivity contribution in [2.24, 2.45) is 7.05 Å². The third-order valence-corrected chi connectivity index (χ3v) is 6.70. The number of hydrogen-bond acceptors (Lipinski definition) is 8. The molecule has 3 rings (SSSR count). The van der Waals surface area contributed by atoms with Crippen LogP contribution in [0.4, 0.5) is 0 Å². The van der Waals surface area contributed by atoms with E-state index in [4.69, 9.17) is 4.52 Å². The van der Waals surface area contributed by atoms with Crippen LogP contribution in [0.1, 0.15) is 50.6 Å². The first kappa shape index (κ1) is 17.4. The first-order valence-corrected chi connectivity index (χ1v) is 10.5. The van der Waals surface area contributed by atoms with Gasteiger partial charge in [0.2, 0.25) is 5.89 Å². The maximum Gasteiger partial charge on any atom is 0.237 e. The molecule has 2 aromatic rings. The Morgan fingerprint density at radius 2 is 2.08 bits per heavy atom. The summed E-state index contributed by atoms with van der Waals surface area (Å²) in [6.45, 7) is 6.08. The summed E-state index contributed by atoms with van der Waals surface area (Å²) in [5, 5.41) is 13.1. The Morgan fingerprint density at radius 3 is 2.67 bits per heavy atom. The fourth-order valence-corrected chi connectivity index (χ4v) is 5.05. The predicted molar refractivity (Wildman–Crippen MR) is 89.6 cm³/mol. The number of rotatable bonds is 4. The van der Waals surface area contributed by atoms with Crippen molar-refractivity contribution in [3.63, 3.8) is 0 Å². The van der Waals surface area contributed by atoms with Crippen LogP contribution in [0.15, 0.2) is 9.68 Å². The number of hydrogen-bond donors (Lipinski definition) is 0. The Labute approximate surface area is 145 Å². The Kier molecular flexibility index (Phi) is 4.45. The van der Waals surface area contributed by atoms with Crippen molar-refractivity contribution in [2.45, 2.75) is 49.4 Å². The summed E-state index contributed by atoms with van der Waals surface area (Å²) >= 11 is 1.45. The summed E-state index contributed by atoms with van der Waals surface area (Å²) < 4.78 is 30.4. The molecule has 0 amide bonds. The second-order valence-corrected chi connectivity index (χ2v) is 10.2. The number of aromatic nitrogens is 5. The highest BCUT2D eigenvalue weighted by Crippen LogP contribution is 2.30. The van der Waals surface area contributed by atoms with Crippen molar-refractivity contribution in [3.05, 3.63) is 17.5 Å². The Bertz CT molecular complexity index is 835. The molecule has 0 radical (unpaired) electrons. The minimum absolute atomic E-state index is 0.0715. The quantitative estimate of drug-likeness (QED) is 0.748. The average Bonchev–Trinajstić information content (AvgIpc) is 3.15. The van der Waals surface area contributed by atoms with Crippen LogP contribution < -0.4 is 0 Å². The summed E-state index contributed by atoms with van der Waals surface area (Å²) in [4.78, 5) is 4.39. The van der Waals surface area contributed by atoms with E-state index in [0.717, 1.165) is 5.82 Å². The molecule has 0 aromatic carbocycles. The van der Waals surface area contributed by atoms with Gasteiger partial charge in [0.05, 0.1) is 17.3 Å². The molecule has 1 saturated heterocycles. The van der Waals surface area contributed by atoms with Crippen molar-refractivity contribution >= 4 is 21.6 Å². The first-order chi connectivity index (χ1) is 11.2. The lowest BCUT2D eigenvalue weighted by Gasteiger charge is -2.10. The molecule has 8 nitrogen and oxygen atoms in total. The summed E-state index contributed by atoms with van der Waals surface area (Å²) in [6, 6.07) is 0. The smallest absolute Gasteiger partial charge is 0.237 e. The van der Waals surface area contributed by atoms with Crippen molar-refractivity contribution in [1.29, 1.82) is 0 Å². The number of thioether (sulfide) groups is 1. The molecule has 3 heterocycles. The largest absolute Gasteiger partial charge is 0.338 e. The summed E-state index contributed by atoms with van der Waals surface area (Å²) in [5.41, 5.74) is -0.154. The van der Waals surface area contributed by atoms with Gasteiger partial charge in [-0.1, -0.05) is 37.7 Å². The highest BCUT2D eigenvalue weighted by Gasteiger charge is 2.32. The van der Waals surface area contributed by atoms with Crippen LogP contribution in [0.5, 0.6) is 0 Å². The molecule has 0 aliphatic carbocycles. The number of sulfone groups is 1. The Hall–Kier alpha value is -1.42. The van der Waals surface area contributed by atoms with Gasteiger partial charge >= 0.3 is 0 Å². The van der Waals surface area contributed by atoms with Crippen LogP contribution >= 0.6 is 11.8 Å². The van der Waals surface area contributed by atoms with Gasteiger partial charge in [-0.05, 0) is 6.42 Å². The molecule has 0 spiro atoms. The molecule has 0 N–H and O–H groups in total. The molecule has 132 valence electrons. The van der Waals surface area contributed by atoms with Gasteiger partial charge in [-0.2, -0.15) is 4.98 Å². The van der Waals surface area contributed by atoms with Crippen LogP contribution in [0.2, 0.25) is 0 Å². The maximum absolute atomic E-state index is 11.6. The van der Waals surface area contributed by atoms with Crippen LogP contribution in [0.3, 0.4) is 0 Å². The van der Waals surface area contributed by atoms with E-state index in [1.165, 1.54) is 11.8 Å². The molecule has 10 heteroatoms. The summed E-state index contributed by atoms with van der Waals surface area (Å²) in [7, 11) is -1.08. The third kappa shape index (κ3) is 3.64. The molecular formula is C14H21N5O3S2. The maximum atomic E-state index is 11.6. The SMILES string of the molecule is Cn1c(SCc2nc(C(C)(C)C)no2)nnc1[C@@H]1CCS(=O)(=O)C1. The normalized spacial score (nSPS) is 20.6. The molecule has 0 unspecified atom stereocenters. The molecule has 1 fully saturated rings. The van der Waals surface area contributed by atoms with Crippen molar-refractivity contribution < 1.29 is 12.9 Å². The van der Waals surface area contributed by atoms with E-state index in [1.54, 1.807) is 0 Å². The minimum atomic E-state index is -2.94. The second kappa shape index (κ2) is 6.14. The van der Waals surface area contributed by atoms with E-state index in [1.807, 2.05) is 32.4 Å². The predicted octanol–water partition coefficient (Wildman–Crippen LogP) is 1.69. The van der Waals surface area contributed by atoms with Crippen LogP contribution in [-0.4, -0.2) is 44.8 Å². The van der Waals surface area contributed by atoms with E-state index < -0.39 is 9.84 Å². The van der Waals surface area contributed by atoms with Crippen molar-refractivity contribution in [3.8, 4) is 0 Å². The highest BCUT2D eigenvalue weighted by molar-refractivity contribution is 7.98.